The van der Waals surface area contributed by atoms with Gasteiger partial charge in [-0.3, -0.25) is 0 Å². The first kappa shape index (κ1) is 19.9. The SMILES string of the molecule is COc1cc(-n2ccc3c(C(C)c4ccc(F)cc4)ncnc32)ccc1-n1cnc(C)c1. The molecule has 5 rings (SSSR count). The zero-order valence-corrected chi connectivity index (χ0v) is 18.0. The van der Waals surface area contributed by atoms with Crippen LogP contribution in [0.3, 0.4) is 0 Å². The molecule has 5 aromatic rings. The second-order valence-electron chi connectivity index (χ2n) is 7.73. The fraction of sp³-hybridized carbons (Fsp3) is 0.160. The monoisotopic (exact) mass is 427 g/mol. The van der Waals surface area contributed by atoms with Crippen LogP contribution < -0.4 is 4.74 Å². The molecule has 0 saturated carbocycles. The van der Waals surface area contributed by atoms with Crippen LogP contribution >= 0.6 is 0 Å². The van der Waals surface area contributed by atoms with Crippen molar-refractivity contribution in [3.05, 3.63) is 96.3 Å². The predicted octanol–water partition coefficient (Wildman–Crippen LogP) is 5.21. The lowest BCUT2D eigenvalue weighted by atomic mass is 9.96. The predicted molar refractivity (Wildman–Crippen MR) is 121 cm³/mol. The fourth-order valence-electron chi connectivity index (χ4n) is 4.02. The molecule has 7 heteroatoms. The molecule has 0 amide bonds. The summed E-state index contributed by atoms with van der Waals surface area (Å²) in [6.07, 6.45) is 7.29. The Hall–Kier alpha value is -4.00. The van der Waals surface area contributed by atoms with Gasteiger partial charge in [0.05, 0.1) is 36.2 Å². The van der Waals surface area contributed by atoms with Crippen LogP contribution in [-0.4, -0.2) is 31.2 Å². The van der Waals surface area contributed by atoms with Gasteiger partial charge in [0.2, 0.25) is 0 Å². The van der Waals surface area contributed by atoms with Crippen LogP contribution in [0.15, 0.2) is 73.6 Å². The number of methoxy groups -OCH3 is 1. The van der Waals surface area contributed by atoms with Gasteiger partial charge in [-0.15, -0.1) is 0 Å². The minimum atomic E-state index is -0.247. The molecule has 160 valence electrons. The van der Waals surface area contributed by atoms with E-state index in [9.17, 15) is 4.39 Å². The van der Waals surface area contributed by atoms with E-state index in [-0.39, 0.29) is 11.7 Å². The first-order valence-electron chi connectivity index (χ1n) is 10.3. The molecule has 0 bridgehead atoms. The Bertz CT molecular complexity index is 1400. The second kappa shape index (κ2) is 7.92. The highest BCUT2D eigenvalue weighted by Crippen LogP contribution is 2.32. The van der Waals surface area contributed by atoms with Crippen molar-refractivity contribution >= 4 is 11.0 Å². The van der Waals surface area contributed by atoms with Crippen LogP contribution in [0.1, 0.15) is 29.8 Å². The summed E-state index contributed by atoms with van der Waals surface area (Å²) in [5.41, 5.74) is 5.48. The summed E-state index contributed by atoms with van der Waals surface area (Å²) in [4.78, 5) is 13.4. The number of halogens is 1. The lowest BCUT2D eigenvalue weighted by Gasteiger charge is -2.14. The molecule has 0 spiro atoms. The molecule has 0 fully saturated rings. The third-order valence-corrected chi connectivity index (χ3v) is 5.72. The van der Waals surface area contributed by atoms with E-state index in [0.717, 1.165) is 45.1 Å². The molecule has 2 aromatic carbocycles. The lowest BCUT2D eigenvalue weighted by Crippen LogP contribution is -2.03. The number of aromatic nitrogens is 5. The van der Waals surface area contributed by atoms with E-state index >= 15 is 0 Å². The molecule has 3 heterocycles. The van der Waals surface area contributed by atoms with Crippen molar-refractivity contribution in [1.29, 1.82) is 0 Å². The third-order valence-electron chi connectivity index (χ3n) is 5.72. The van der Waals surface area contributed by atoms with E-state index in [2.05, 4.69) is 21.9 Å². The Labute approximate surface area is 185 Å². The Morgan fingerprint density at radius 1 is 1.00 bits per heavy atom. The van der Waals surface area contributed by atoms with Crippen molar-refractivity contribution < 1.29 is 9.13 Å². The lowest BCUT2D eigenvalue weighted by molar-refractivity contribution is 0.412. The average molecular weight is 427 g/mol. The molecule has 32 heavy (non-hydrogen) atoms. The molecule has 0 N–H and O–H groups in total. The molecule has 0 aliphatic heterocycles. The molecule has 6 nitrogen and oxygen atoms in total. The smallest absolute Gasteiger partial charge is 0.148 e. The Kier molecular flexibility index (Phi) is 4.93. The van der Waals surface area contributed by atoms with Crippen molar-refractivity contribution in [2.24, 2.45) is 0 Å². The number of fused-ring (bicyclic) bond motifs is 1. The summed E-state index contributed by atoms with van der Waals surface area (Å²) in [5.74, 6) is 0.484. The van der Waals surface area contributed by atoms with Gasteiger partial charge in [-0.25, -0.2) is 19.3 Å². The molecular formula is C25H22FN5O. The third kappa shape index (κ3) is 3.41. The second-order valence-corrected chi connectivity index (χ2v) is 7.73. The molecule has 0 aliphatic rings. The zero-order chi connectivity index (χ0) is 22.2. The Morgan fingerprint density at radius 3 is 2.53 bits per heavy atom. The van der Waals surface area contributed by atoms with Crippen LogP contribution in [0, 0.1) is 12.7 Å². The summed E-state index contributed by atoms with van der Waals surface area (Å²) in [7, 11) is 1.66. The van der Waals surface area contributed by atoms with Gasteiger partial charge < -0.3 is 13.9 Å². The maximum atomic E-state index is 13.4. The van der Waals surface area contributed by atoms with Crippen LogP contribution in [0.5, 0.6) is 5.75 Å². The zero-order valence-electron chi connectivity index (χ0n) is 18.0. The van der Waals surface area contributed by atoms with Crippen molar-refractivity contribution in [3.63, 3.8) is 0 Å². The number of imidazole rings is 1. The van der Waals surface area contributed by atoms with Gasteiger partial charge in [-0.1, -0.05) is 19.1 Å². The molecule has 0 saturated heterocycles. The first-order chi connectivity index (χ1) is 15.5. The average Bonchev–Trinajstić information content (AvgIpc) is 3.45. The number of aryl methyl sites for hydroxylation is 1. The summed E-state index contributed by atoms with van der Waals surface area (Å²) < 4.78 is 23.0. The van der Waals surface area contributed by atoms with Gasteiger partial charge in [-0.2, -0.15) is 0 Å². The van der Waals surface area contributed by atoms with E-state index in [1.165, 1.54) is 12.1 Å². The van der Waals surface area contributed by atoms with Crippen LogP contribution in [0.2, 0.25) is 0 Å². The molecule has 1 unspecified atom stereocenters. The van der Waals surface area contributed by atoms with Crippen molar-refractivity contribution in [1.82, 2.24) is 24.1 Å². The molecule has 1 atom stereocenters. The number of benzene rings is 2. The van der Waals surface area contributed by atoms with Crippen LogP contribution in [-0.2, 0) is 0 Å². The number of hydrogen-bond donors (Lipinski definition) is 0. The highest BCUT2D eigenvalue weighted by molar-refractivity contribution is 5.81. The standard InChI is InChI=1S/C25H22FN5O/c1-16-13-30(15-29-16)22-9-8-20(12-23(22)32-3)31-11-10-21-24(27-14-28-25(21)31)17(2)18-4-6-19(26)7-5-18/h4-15,17H,1-3H3. The Balaban J connectivity index is 1.57. The van der Waals surface area contributed by atoms with Crippen molar-refractivity contribution in [2.45, 2.75) is 19.8 Å². The highest BCUT2D eigenvalue weighted by atomic mass is 19.1. The van der Waals surface area contributed by atoms with Gasteiger partial charge >= 0.3 is 0 Å². The van der Waals surface area contributed by atoms with Crippen molar-refractivity contribution in [2.75, 3.05) is 7.11 Å². The number of nitrogens with zero attached hydrogens (tertiary/aromatic N) is 5. The van der Waals surface area contributed by atoms with E-state index < -0.39 is 0 Å². The van der Waals surface area contributed by atoms with Crippen LogP contribution in [0.4, 0.5) is 4.39 Å². The topological polar surface area (TPSA) is 57.8 Å². The summed E-state index contributed by atoms with van der Waals surface area (Å²) >= 11 is 0. The van der Waals surface area contributed by atoms with E-state index in [4.69, 9.17) is 4.74 Å². The molecular weight excluding hydrogens is 405 g/mol. The van der Waals surface area contributed by atoms with E-state index in [0.29, 0.717) is 0 Å². The van der Waals surface area contributed by atoms with E-state index in [1.54, 1.807) is 31.9 Å². The fourth-order valence-corrected chi connectivity index (χ4v) is 4.02. The first-order valence-corrected chi connectivity index (χ1v) is 10.3. The minimum absolute atomic E-state index is 0.00153. The van der Waals surface area contributed by atoms with Gasteiger partial charge in [0, 0.05) is 29.8 Å². The normalized spacial score (nSPS) is 12.2. The maximum Gasteiger partial charge on any atom is 0.148 e. The summed E-state index contributed by atoms with van der Waals surface area (Å²) in [6, 6.07) is 14.6. The molecule has 0 aliphatic carbocycles. The number of hydrogen-bond acceptors (Lipinski definition) is 4. The summed E-state index contributed by atoms with van der Waals surface area (Å²) in [6.45, 7) is 4.02. The van der Waals surface area contributed by atoms with Gasteiger partial charge in [0.25, 0.3) is 0 Å². The minimum Gasteiger partial charge on any atom is -0.494 e. The molecule has 0 radical (unpaired) electrons. The quantitative estimate of drug-likeness (QED) is 0.386. The maximum absolute atomic E-state index is 13.4. The van der Waals surface area contributed by atoms with Crippen LogP contribution in [0.25, 0.3) is 22.4 Å². The Morgan fingerprint density at radius 2 is 1.81 bits per heavy atom. The number of rotatable bonds is 5. The summed E-state index contributed by atoms with van der Waals surface area (Å²) in [5, 5.41) is 0.956. The highest BCUT2D eigenvalue weighted by Gasteiger charge is 2.17. The largest absolute Gasteiger partial charge is 0.494 e. The van der Waals surface area contributed by atoms with Gasteiger partial charge in [-0.05, 0) is 42.8 Å². The van der Waals surface area contributed by atoms with Gasteiger partial charge in [0.1, 0.15) is 23.5 Å². The number of ether oxygens (including phenoxy) is 1. The van der Waals surface area contributed by atoms with E-state index in [1.807, 2.05) is 52.7 Å². The van der Waals surface area contributed by atoms with Gasteiger partial charge in [0.15, 0.2) is 0 Å². The molecule has 3 aromatic heterocycles. The van der Waals surface area contributed by atoms with Crippen molar-refractivity contribution in [3.8, 4) is 17.1 Å².